The van der Waals surface area contributed by atoms with Gasteiger partial charge in [0.15, 0.2) is 0 Å². The van der Waals surface area contributed by atoms with Crippen LogP contribution in [0.5, 0.6) is 0 Å². The molecule has 3 heteroatoms. The average molecular weight is 269 g/mol. The summed E-state index contributed by atoms with van der Waals surface area (Å²) >= 11 is 0. The fourth-order valence-corrected chi connectivity index (χ4v) is 2.23. The van der Waals surface area contributed by atoms with E-state index in [1.807, 2.05) is 19.4 Å². The maximum absolute atomic E-state index is 4.07. The molecule has 0 aliphatic rings. The Morgan fingerprint density at radius 1 is 1.10 bits per heavy atom. The number of hydrogen-bond acceptors (Lipinski definition) is 3. The van der Waals surface area contributed by atoms with Gasteiger partial charge in [0, 0.05) is 37.2 Å². The van der Waals surface area contributed by atoms with E-state index in [4.69, 9.17) is 0 Å². The van der Waals surface area contributed by atoms with Crippen LogP contribution in [0.2, 0.25) is 0 Å². The standard InChI is InChI=1S/C17H23N3/c1-4-20(13-15-9-11-19-12-10-15)17-7-5-16(6-8-17)14(2)18-3/h5-12,14,18H,4,13H2,1-3H3. The molecule has 20 heavy (non-hydrogen) atoms. The van der Waals surface area contributed by atoms with Crippen molar-refractivity contribution < 1.29 is 0 Å². The Kier molecular flexibility index (Phi) is 5.13. The van der Waals surface area contributed by atoms with Gasteiger partial charge in [-0.2, -0.15) is 0 Å². The van der Waals surface area contributed by atoms with Crippen molar-refractivity contribution in [2.75, 3.05) is 18.5 Å². The first-order chi connectivity index (χ1) is 9.74. The van der Waals surface area contributed by atoms with Crippen LogP contribution in [0, 0.1) is 0 Å². The van der Waals surface area contributed by atoms with E-state index in [0.717, 1.165) is 13.1 Å². The van der Waals surface area contributed by atoms with Gasteiger partial charge in [0.1, 0.15) is 0 Å². The molecule has 0 saturated heterocycles. The highest BCUT2D eigenvalue weighted by molar-refractivity contribution is 5.48. The summed E-state index contributed by atoms with van der Waals surface area (Å²) in [5.74, 6) is 0. The van der Waals surface area contributed by atoms with Crippen molar-refractivity contribution in [1.29, 1.82) is 0 Å². The Morgan fingerprint density at radius 3 is 2.30 bits per heavy atom. The van der Waals surface area contributed by atoms with E-state index in [0.29, 0.717) is 6.04 Å². The van der Waals surface area contributed by atoms with Gasteiger partial charge in [-0.25, -0.2) is 0 Å². The highest BCUT2D eigenvalue weighted by Crippen LogP contribution is 2.20. The number of rotatable bonds is 6. The van der Waals surface area contributed by atoms with E-state index >= 15 is 0 Å². The van der Waals surface area contributed by atoms with Crippen molar-refractivity contribution >= 4 is 5.69 Å². The minimum atomic E-state index is 0.388. The maximum Gasteiger partial charge on any atom is 0.0430 e. The van der Waals surface area contributed by atoms with Gasteiger partial charge in [-0.1, -0.05) is 12.1 Å². The molecule has 2 rings (SSSR count). The van der Waals surface area contributed by atoms with E-state index in [1.54, 1.807) is 0 Å². The zero-order valence-electron chi connectivity index (χ0n) is 12.5. The molecule has 1 heterocycles. The van der Waals surface area contributed by atoms with Crippen LogP contribution in [0.4, 0.5) is 5.69 Å². The number of benzene rings is 1. The number of aromatic nitrogens is 1. The summed E-state index contributed by atoms with van der Waals surface area (Å²) in [6, 6.07) is 13.3. The van der Waals surface area contributed by atoms with E-state index in [2.05, 4.69) is 65.4 Å². The molecule has 0 radical (unpaired) electrons. The smallest absolute Gasteiger partial charge is 0.0430 e. The first-order valence-corrected chi connectivity index (χ1v) is 7.15. The predicted molar refractivity (Wildman–Crippen MR) is 84.9 cm³/mol. The molecular formula is C17H23N3. The zero-order chi connectivity index (χ0) is 14.4. The molecule has 1 N–H and O–H groups in total. The minimum absolute atomic E-state index is 0.388. The normalized spacial score (nSPS) is 12.2. The molecule has 1 unspecified atom stereocenters. The summed E-state index contributed by atoms with van der Waals surface area (Å²) < 4.78 is 0. The third kappa shape index (κ3) is 3.58. The molecule has 106 valence electrons. The molecule has 3 nitrogen and oxygen atoms in total. The number of nitrogens with one attached hydrogen (secondary N) is 1. The Bertz CT molecular complexity index is 508. The Balaban J connectivity index is 2.11. The number of anilines is 1. The van der Waals surface area contributed by atoms with Crippen LogP contribution in [0.3, 0.4) is 0 Å². The van der Waals surface area contributed by atoms with Gasteiger partial charge in [0.2, 0.25) is 0 Å². The lowest BCUT2D eigenvalue weighted by molar-refractivity contribution is 0.652. The summed E-state index contributed by atoms with van der Waals surface area (Å²) in [5, 5.41) is 3.26. The number of nitrogens with zero attached hydrogens (tertiary/aromatic N) is 2. The van der Waals surface area contributed by atoms with Crippen molar-refractivity contribution in [2.24, 2.45) is 0 Å². The highest BCUT2D eigenvalue weighted by atomic mass is 15.1. The molecule has 0 saturated carbocycles. The highest BCUT2D eigenvalue weighted by Gasteiger charge is 2.07. The molecule has 0 amide bonds. The molecule has 0 aliphatic heterocycles. The van der Waals surface area contributed by atoms with Crippen LogP contribution in [0.1, 0.15) is 31.0 Å². The van der Waals surface area contributed by atoms with Crippen molar-refractivity contribution in [1.82, 2.24) is 10.3 Å². The van der Waals surface area contributed by atoms with Gasteiger partial charge < -0.3 is 10.2 Å². The van der Waals surface area contributed by atoms with Crippen molar-refractivity contribution in [3.63, 3.8) is 0 Å². The van der Waals surface area contributed by atoms with Gasteiger partial charge >= 0.3 is 0 Å². The average Bonchev–Trinajstić information content (AvgIpc) is 2.53. The van der Waals surface area contributed by atoms with Gasteiger partial charge in [0.05, 0.1) is 0 Å². The fraction of sp³-hybridized carbons (Fsp3) is 0.353. The number of pyridine rings is 1. The second kappa shape index (κ2) is 7.06. The molecule has 1 atom stereocenters. The van der Waals surface area contributed by atoms with Crippen LogP contribution in [-0.4, -0.2) is 18.6 Å². The van der Waals surface area contributed by atoms with Crippen molar-refractivity contribution in [3.8, 4) is 0 Å². The second-order valence-corrected chi connectivity index (χ2v) is 4.97. The molecule has 0 aliphatic carbocycles. The molecule has 1 aromatic heterocycles. The van der Waals surface area contributed by atoms with Crippen LogP contribution in [0.15, 0.2) is 48.8 Å². The summed E-state index contributed by atoms with van der Waals surface area (Å²) in [6.45, 7) is 6.26. The molecule has 0 spiro atoms. The van der Waals surface area contributed by atoms with Gasteiger partial charge in [-0.05, 0) is 56.3 Å². The Morgan fingerprint density at radius 2 is 1.75 bits per heavy atom. The van der Waals surface area contributed by atoms with Crippen LogP contribution < -0.4 is 10.2 Å². The number of hydrogen-bond donors (Lipinski definition) is 1. The van der Waals surface area contributed by atoms with E-state index in [-0.39, 0.29) is 0 Å². The Labute approximate surface area is 121 Å². The van der Waals surface area contributed by atoms with E-state index in [9.17, 15) is 0 Å². The summed E-state index contributed by atoms with van der Waals surface area (Å²) in [4.78, 5) is 6.43. The monoisotopic (exact) mass is 269 g/mol. The van der Waals surface area contributed by atoms with Crippen LogP contribution >= 0.6 is 0 Å². The SMILES string of the molecule is CCN(Cc1ccncc1)c1ccc(C(C)NC)cc1. The van der Waals surface area contributed by atoms with Crippen molar-refractivity contribution in [3.05, 3.63) is 59.9 Å². The second-order valence-electron chi connectivity index (χ2n) is 4.97. The largest absolute Gasteiger partial charge is 0.367 e. The zero-order valence-corrected chi connectivity index (χ0v) is 12.5. The summed E-state index contributed by atoms with van der Waals surface area (Å²) in [5.41, 5.74) is 3.86. The lowest BCUT2D eigenvalue weighted by Crippen LogP contribution is -2.22. The van der Waals surface area contributed by atoms with Crippen LogP contribution in [-0.2, 0) is 6.54 Å². The van der Waals surface area contributed by atoms with Gasteiger partial charge in [0.25, 0.3) is 0 Å². The summed E-state index contributed by atoms with van der Waals surface area (Å²) in [7, 11) is 1.99. The first kappa shape index (κ1) is 14.5. The molecule has 0 bridgehead atoms. The maximum atomic E-state index is 4.07. The van der Waals surface area contributed by atoms with E-state index < -0.39 is 0 Å². The van der Waals surface area contributed by atoms with E-state index in [1.165, 1.54) is 16.8 Å². The lowest BCUT2D eigenvalue weighted by Gasteiger charge is -2.24. The third-order valence-corrected chi connectivity index (χ3v) is 3.70. The van der Waals surface area contributed by atoms with Gasteiger partial charge in [-0.15, -0.1) is 0 Å². The topological polar surface area (TPSA) is 28.2 Å². The molecule has 0 fully saturated rings. The minimum Gasteiger partial charge on any atom is -0.367 e. The predicted octanol–water partition coefficient (Wildman–Crippen LogP) is 3.39. The van der Waals surface area contributed by atoms with Crippen LogP contribution in [0.25, 0.3) is 0 Å². The molecular weight excluding hydrogens is 246 g/mol. The summed E-state index contributed by atoms with van der Waals surface area (Å²) in [6.07, 6.45) is 3.70. The fourth-order valence-electron chi connectivity index (χ4n) is 2.23. The van der Waals surface area contributed by atoms with Crippen molar-refractivity contribution in [2.45, 2.75) is 26.4 Å². The third-order valence-electron chi connectivity index (χ3n) is 3.70. The van der Waals surface area contributed by atoms with Gasteiger partial charge in [-0.3, -0.25) is 4.98 Å². The lowest BCUT2D eigenvalue weighted by atomic mass is 10.1. The first-order valence-electron chi connectivity index (χ1n) is 7.15. The molecule has 1 aromatic carbocycles. The Hall–Kier alpha value is -1.87. The quantitative estimate of drug-likeness (QED) is 0.871. The molecule has 2 aromatic rings.